The van der Waals surface area contributed by atoms with Gasteiger partial charge in [0.15, 0.2) is 0 Å². The molecule has 3 rings (SSSR count). The van der Waals surface area contributed by atoms with Crippen LogP contribution in [0, 0.1) is 0 Å². The van der Waals surface area contributed by atoms with Crippen LogP contribution >= 0.6 is 0 Å². The number of carbonyl (C=O) groups is 1. The molecule has 1 saturated heterocycles. The van der Waals surface area contributed by atoms with E-state index in [2.05, 4.69) is 54.3 Å². The number of rotatable bonds is 5. The predicted molar refractivity (Wildman–Crippen MR) is 85.0 cm³/mol. The fourth-order valence-corrected chi connectivity index (χ4v) is 3.14. The number of para-hydroxylation sites is 1. The van der Waals surface area contributed by atoms with Crippen molar-refractivity contribution < 1.29 is 4.79 Å². The van der Waals surface area contributed by atoms with Crippen LogP contribution in [0.25, 0.3) is 10.9 Å². The molecule has 0 spiro atoms. The minimum absolute atomic E-state index is 0.300. The average molecular weight is 285 g/mol. The summed E-state index contributed by atoms with van der Waals surface area (Å²) in [7, 11) is 2.08. The molecule has 0 radical (unpaired) electrons. The van der Waals surface area contributed by atoms with Gasteiger partial charge in [0.2, 0.25) is 5.91 Å². The van der Waals surface area contributed by atoms with E-state index in [1.165, 1.54) is 16.5 Å². The molecule has 1 atom stereocenters. The molecule has 1 N–H and O–H groups in total. The summed E-state index contributed by atoms with van der Waals surface area (Å²) in [6.45, 7) is 4.71. The van der Waals surface area contributed by atoms with E-state index in [0.29, 0.717) is 11.9 Å². The van der Waals surface area contributed by atoms with E-state index >= 15 is 0 Å². The molecule has 4 nitrogen and oxygen atoms in total. The van der Waals surface area contributed by atoms with E-state index in [0.717, 1.165) is 32.5 Å². The Morgan fingerprint density at radius 2 is 2.14 bits per heavy atom. The Morgan fingerprint density at radius 3 is 2.90 bits per heavy atom. The summed E-state index contributed by atoms with van der Waals surface area (Å²) in [4.78, 5) is 13.6. The highest BCUT2D eigenvalue weighted by atomic mass is 16.2. The van der Waals surface area contributed by atoms with E-state index in [4.69, 9.17) is 0 Å². The van der Waals surface area contributed by atoms with Gasteiger partial charge in [0, 0.05) is 56.2 Å². The van der Waals surface area contributed by atoms with Gasteiger partial charge in [0.1, 0.15) is 0 Å². The maximum atomic E-state index is 11.7. The first-order valence-corrected chi connectivity index (χ1v) is 7.69. The van der Waals surface area contributed by atoms with Gasteiger partial charge in [0.25, 0.3) is 0 Å². The van der Waals surface area contributed by atoms with E-state index in [9.17, 15) is 4.79 Å². The number of nitrogens with zero attached hydrogens (tertiary/aromatic N) is 2. The molecule has 2 heterocycles. The lowest BCUT2D eigenvalue weighted by Gasteiger charge is -2.21. The number of carbonyl (C=O) groups excluding carboxylic acids is 1. The maximum Gasteiger partial charge on any atom is 0.222 e. The first kappa shape index (κ1) is 14.1. The number of hydrogen-bond donors (Lipinski definition) is 1. The molecule has 1 aliphatic rings. The van der Waals surface area contributed by atoms with Crippen LogP contribution in [0.1, 0.15) is 25.3 Å². The Bertz CT molecular complexity index is 647. The lowest BCUT2D eigenvalue weighted by atomic mass is 10.1. The third-order valence-electron chi connectivity index (χ3n) is 4.29. The molecular formula is C17H23N3O. The summed E-state index contributed by atoms with van der Waals surface area (Å²) in [5.74, 6) is 0.300. The zero-order valence-corrected chi connectivity index (χ0v) is 12.8. The quantitative estimate of drug-likeness (QED) is 0.915. The van der Waals surface area contributed by atoms with E-state index < -0.39 is 0 Å². The van der Waals surface area contributed by atoms with Crippen molar-refractivity contribution in [1.82, 2.24) is 14.8 Å². The van der Waals surface area contributed by atoms with Crippen molar-refractivity contribution in [1.29, 1.82) is 0 Å². The molecule has 1 amide bonds. The van der Waals surface area contributed by atoms with Crippen molar-refractivity contribution in [2.75, 3.05) is 13.1 Å². The SMILES string of the molecule is CC(CN1CCCC1=O)NCc1cn(C)c2ccccc12. The van der Waals surface area contributed by atoms with Crippen LogP contribution in [0.2, 0.25) is 0 Å². The molecule has 112 valence electrons. The Morgan fingerprint density at radius 1 is 1.33 bits per heavy atom. The van der Waals surface area contributed by atoms with Gasteiger partial charge >= 0.3 is 0 Å². The van der Waals surface area contributed by atoms with Gasteiger partial charge in [-0.3, -0.25) is 4.79 Å². The molecule has 1 aromatic heterocycles. The van der Waals surface area contributed by atoms with Gasteiger partial charge in [-0.2, -0.15) is 0 Å². The second-order valence-corrected chi connectivity index (χ2v) is 6.01. The first-order valence-electron chi connectivity index (χ1n) is 7.69. The topological polar surface area (TPSA) is 37.3 Å². The summed E-state index contributed by atoms with van der Waals surface area (Å²) >= 11 is 0. The fourth-order valence-electron chi connectivity index (χ4n) is 3.14. The molecule has 21 heavy (non-hydrogen) atoms. The number of nitrogens with one attached hydrogen (secondary N) is 1. The highest BCUT2D eigenvalue weighted by Crippen LogP contribution is 2.20. The Kier molecular flexibility index (Phi) is 3.97. The summed E-state index contributed by atoms with van der Waals surface area (Å²) in [6.07, 6.45) is 3.91. The summed E-state index contributed by atoms with van der Waals surface area (Å²) in [5, 5.41) is 4.85. The smallest absolute Gasteiger partial charge is 0.222 e. The van der Waals surface area contributed by atoms with Crippen LogP contribution in [0.3, 0.4) is 0 Å². The highest BCUT2D eigenvalue weighted by molar-refractivity contribution is 5.83. The van der Waals surface area contributed by atoms with Gasteiger partial charge < -0.3 is 14.8 Å². The van der Waals surface area contributed by atoms with Crippen molar-refractivity contribution in [3.8, 4) is 0 Å². The van der Waals surface area contributed by atoms with Crippen LogP contribution in [-0.2, 0) is 18.4 Å². The highest BCUT2D eigenvalue weighted by Gasteiger charge is 2.21. The zero-order chi connectivity index (χ0) is 14.8. The minimum atomic E-state index is 0.300. The molecule has 1 unspecified atom stereocenters. The van der Waals surface area contributed by atoms with Gasteiger partial charge in [-0.25, -0.2) is 0 Å². The van der Waals surface area contributed by atoms with Gasteiger partial charge in [-0.15, -0.1) is 0 Å². The molecule has 0 bridgehead atoms. The lowest BCUT2D eigenvalue weighted by Crippen LogP contribution is -2.39. The van der Waals surface area contributed by atoms with Crippen molar-refractivity contribution in [2.24, 2.45) is 7.05 Å². The van der Waals surface area contributed by atoms with Crippen LogP contribution in [-0.4, -0.2) is 34.5 Å². The number of aryl methyl sites for hydroxylation is 1. The molecule has 4 heteroatoms. The fraction of sp³-hybridized carbons (Fsp3) is 0.471. The van der Waals surface area contributed by atoms with Crippen LogP contribution in [0.4, 0.5) is 0 Å². The summed E-state index contributed by atoms with van der Waals surface area (Å²) in [5.41, 5.74) is 2.57. The van der Waals surface area contributed by atoms with Crippen molar-refractivity contribution in [2.45, 2.75) is 32.4 Å². The lowest BCUT2D eigenvalue weighted by molar-refractivity contribution is -0.127. The molecule has 1 aromatic carbocycles. The number of aromatic nitrogens is 1. The number of benzene rings is 1. The maximum absolute atomic E-state index is 11.7. The summed E-state index contributed by atoms with van der Waals surface area (Å²) in [6, 6.07) is 8.77. The first-order chi connectivity index (χ1) is 10.1. The largest absolute Gasteiger partial charge is 0.350 e. The van der Waals surface area contributed by atoms with Gasteiger partial charge in [0.05, 0.1) is 0 Å². The number of likely N-dealkylation sites (tertiary alicyclic amines) is 1. The second kappa shape index (κ2) is 5.90. The number of hydrogen-bond acceptors (Lipinski definition) is 2. The minimum Gasteiger partial charge on any atom is -0.350 e. The molecule has 1 aliphatic heterocycles. The van der Waals surface area contributed by atoms with Crippen LogP contribution < -0.4 is 5.32 Å². The Hall–Kier alpha value is -1.81. The number of amides is 1. The monoisotopic (exact) mass is 285 g/mol. The molecule has 0 saturated carbocycles. The predicted octanol–water partition coefficient (Wildman–Crippen LogP) is 2.28. The molecular weight excluding hydrogens is 262 g/mol. The van der Waals surface area contributed by atoms with E-state index in [-0.39, 0.29) is 0 Å². The molecule has 1 fully saturated rings. The van der Waals surface area contributed by atoms with E-state index in [1.54, 1.807) is 0 Å². The van der Waals surface area contributed by atoms with Crippen LogP contribution in [0.15, 0.2) is 30.5 Å². The molecule has 0 aliphatic carbocycles. The standard InChI is InChI=1S/C17H23N3O/c1-13(11-20-9-5-8-17(20)21)18-10-14-12-19(2)16-7-4-3-6-15(14)16/h3-4,6-7,12-13,18H,5,8-11H2,1-2H3. The van der Waals surface area contributed by atoms with Crippen molar-refractivity contribution in [3.05, 3.63) is 36.0 Å². The van der Waals surface area contributed by atoms with Crippen molar-refractivity contribution >= 4 is 16.8 Å². The van der Waals surface area contributed by atoms with Gasteiger partial charge in [-0.1, -0.05) is 18.2 Å². The van der Waals surface area contributed by atoms with Crippen LogP contribution in [0.5, 0.6) is 0 Å². The third kappa shape index (κ3) is 2.95. The number of fused-ring (bicyclic) bond motifs is 1. The summed E-state index contributed by atoms with van der Waals surface area (Å²) < 4.78 is 2.17. The molecule has 2 aromatic rings. The average Bonchev–Trinajstić information content (AvgIpc) is 3.02. The van der Waals surface area contributed by atoms with Gasteiger partial charge in [-0.05, 0) is 25.0 Å². The second-order valence-electron chi connectivity index (χ2n) is 6.01. The van der Waals surface area contributed by atoms with Crippen molar-refractivity contribution in [3.63, 3.8) is 0 Å². The normalized spacial score (nSPS) is 16.9. The zero-order valence-electron chi connectivity index (χ0n) is 12.8. The Labute approximate surface area is 125 Å². The third-order valence-corrected chi connectivity index (χ3v) is 4.29. The Balaban J connectivity index is 1.62. The van der Waals surface area contributed by atoms with E-state index in [1.807, 2.05) is 4.90 Å².